The molecule has 0 aliphatic carbocycles. The fourth-order valence-electron chi connectivity index (χ4n) is 2.12. The first-order valence-corrected chi connectivity index (χ1v) is 7.24. The van der Waals surface area contributed by atoms with Gasteiger partial charge in [-0.05, 0) is 48.7 Å². The molecule has 2 aromatic carbocycles. The Hall–Kier alpha value is -2.49. The molecule has 0 aliphatic heterocycles. The monoisotopic (exact) mass is 299 g/mol. The van der Waals surface area contributed by atoms with Crippen LogP contribution in [0.2, 0.25) is 0 Å². The van der Waals surface area contributed by atoms with Gasteiger partial charge in [0.1, 0.15) is 24.7 Å². The Labute approximate surface area is 130 Å². The van der Waals surface area contributed by atoms with Crippen molar-refractivity contribution >= 4 is 5.91 Å². The van der Waals surface area contributed by atoms with Gasteiger partial charge in [0.2, 0.25) is 5.91 Å². The Morgan fingerprint density at radius 1 is 1.05 bits per heavy atom. The number of amides is 1. The van der Waals surface area contributed by atoms with Crippen LogP contribution in [0.4, 0.5) is 0 Å². The third kappa shape index (κ3) is 4.81. The van der Waals surface area contributed by atoms with Gasteiger partial charge in [-0.25, -0.2) is 0 Å². The summed E-state index contributed by atoms with van der Waals surface area (Å²) in [6.45, 7) is 4.95. The second-order valence-electron chi connectivity index (χ2n) is 5.26. The summed E-state index contributed by atoms with van der Waals surface area (Å²) in [5.74, 6) is 1.24. The van der Waals surface area contributed by atoms with Crippen LogP contribution in [0.5, 0.6) is 11.5 Å². The number of benzene rings is 2. The van der Waals surface area contributed by atoms with Gasteiger partial charge in [-0.15, -0.1) is 0 Å². The molecule has 0 fully saturated rings. The number of ether oxygens (including phenoxy) is 2. The molecule has 2 rings (SSSR count). The lowest BCUT2D eigenvalue weighted by molar-refractivity contribution is -0.117. The van der Waals surface area contributed by atoms with E-state index in [1.165, 1.54) is 5.56 Å². The van der Waals surface area contributed by atoms with E-state index in [0.717, 1.165) is 16.9 Å². The smallest absolute Gasteiger partial charge is 0.221 e. The third-order valence-electron chi connectivity index (χ3n) is 3.23. The molecular formula is C18H21NO3. The average Bonchev–Trinajstić information content (AvgIpc) is 2.47. The molecule has 0 aromatic heterocycles. The first kappa shape index (κ1) is 15.9. The highest BCUT2D eigenvalue weighted by Crippen LogP contribution is 2.19. The Morgan fingerprint density at radius 2 is 1.82 bits per heavy atom. The lowest BCUT2D eigenvalue weighted by atomic mass is 10.1. The number of carbonyl (C=O) groups is 1. The molecule has 2 N–H and O–H groups in total. The molecule has 1 amide bonds. The van der Waals surface area contributed by atoms with Crippen molar-refractivity contribution in [2.24, 2.45) is 5.73 Å². The zero-order valence-electron chi connectivity index (χ0n) is 13.0. The summed E-state index contributed by atoms with van der Waals surface area (Å²) in [4.78, 5) is 10.9. The van der Waals surface area contributed by atoms with E-state index in [-0.39, 0.29) is 12.3 Å². The standard InChI is InChI=1S/C18H21NO3/c1-13-6-7-14(2)17(10-13)22-9-8-21-16-5-3-4-15(11-16)12-18(19)20/h3-7,10-11H,8-9,12H2,1-2H3,(H2,19,20). The fourth-order valence-corrected chi connectivity index (χ4v) is 2.12. The molecule has 4 heteroatoms. The van der Waals surface area contributed by atoms with Gasteiger partial charge in [-0.3, -0.25) is 4.79 Å². The Morgan fingerprint density at radius 3 is 2.59 bits per heavy atom. The lowest BCUT2D eigenvalue weighted by Crippen LogP contribution is -2.14. The van der Waals surface area contributed by atoms with Crippen LogP contribution in [0.1, 0.15) is 16.7 Å². The van der Waals surface area contributed by atoms with E-state index >= 15 is 0 Å². The maximum Gasteiger partial charge on any atom is 0.221 e. The van der Waals surface area contributed by atoms with E-state index in [4.69, 9.17) is 15.2 Å². The maximum absolute atomic E-state index is 10.9. The van der Waals surface area contributed by atoms with E-state index < -0.39 is 0 Å². The molecule has 0 saturated heterocycles. The number of nitrogens with two attached hydrogens (primary N) is 1. The van der Waals surface area contributed by atoms with Crippen LogP contribution in [0.15, 0.2) is 42.5 Å². The molecule has 0 heterocycles. The highest BCUT2D eigenvalue weighted by molar-refractivity contribution is 5.76. The summed E-state index contributed by atoms with van der Waals surface area (Å²) >= 11 is 0. The number of primary amides is 1. The highest BCUT2D eigenvalue weighted by Gasteiger charge is 2.02. The van der Waals surface area contributed by atoms with E-state index in [1.807, 2.05) is 50.2 Å². The molecular weight excluding hydrogens is 278 g/mol. The summed E-state index contributed by atoms with van der Waals surface area (Å²) in [5, 5.41) is 0. The van der Waals surface area contributed by atoms with Crippen LogP contribution in [0, 0.1) is 13.8 Å². The molecule has 0 bridgehead atoms. The second-order valence-corrected chi connectivity index (χ2v) is 5.26. The lowest BCUT2D eigenvalue weighted by Gasteiger charge is -2.11. The normalized spacial score (nSPS) is 10.3. The molecule has 0 radical (unpaired) electrons. The van der Waals surface area contributed by atoms with Crippen LogP contribution in [-0.4, -0.2) is 19.1 Å². The predicted octanol–water partition coefficient (Wildman–Crippen LogP) is 2.79. The van der Waals surface area contributed by atoms with Crippen molar-refractivity contribution in [2.45, 2.75) is 20.3 Å². The van der Waals surface area contributed by atoms with Gasteiger partial charge in [0.05, 0.1) is 6.42 Å². The van der Waals surface area contributed by atoms with Crippen molar-refractivity contribution in [1.82, 2.24) is 0 Å². The van der Waals surface area contributed by atoms with E-state index in [1.54, 1.807) is 0 Å². The number of carbonyl (C=O) groups excluding carboxylic acids is 1. The van der Waals surface area contributed by atoms with Crippen molar-refractivity contribution in [3.8, 4) is 11.5 Å². The van der Waals surface area contributed by atoms with Gasteiger partial charge < -0.3 is 15.2 Å². The van der Waals surface area contributed by atoms with Crippen molar-refractivity contribution in [1.29, 1.82) is 0 Å². The summed E-state index contributed by atoms with van der Waals surface area (Å²) in [7, 11) is 0. The topological polar surface area (TPSA) is 61.6 Å². The summed E-state index contributed by atoms with van der Waals surface area (Å²) < 4.78 is 11.4. The third-order valence-corrected chi connectivity index (χ3v) is 3.23. The van der Waals surface area contributed by atoms with Crippen LogP contribution in [-0.2, 0) is 11.2 Å². The first-order valence-electron chi connectivity index (χ1n) is 7.24. The second kappa shape index (κ2) is 7.50. The minimum absolute atomic E-state index is 0.218. The molecule has 0 atom stereocenters. The molecule has 22 heavy (non-hydrogen) atoms. The van der Waals surface area contributed by atoms with Crippen LogP contribution in [0.3, 0.4) is 0 Å². The fraction of sp³-hybridized carbons (Fsp3) is 0.278. The summed E-state index contributed by atoms with van der Waals surface area (Å²) in [6, 6.07) is 13.5. The van der Waals surface area contributed by atoms with Crippen LogP contribution >= 0.6 is 0 Å². The van der Waals surface area contributed by atoms with Crippen LogP contribution in [0.25, 0.3) is 0 Å². The van der Waals surface area contributed by atoms with Crippen molar-refractivity contribution < 1.29 is 14.3 Å². The van der Waals surface area contributed by atoms with Crippen LogP contribution < -0.4 is 15.2 Å². The molecule has 0 unspecified atom stereocenters. The van der Waals surface area contributed by atoms with Crippen molar-refractivity contribution in [2.75, 3.05) is 13.2 Å². The number of rotatable bonds is 7. The number of aryl methyl sites for hydroxylation is 2. The van der Waals surface area contributed by atoms with E-state index in [2.05, 4.69) is 6.07 Å². The van der Waals surface area contributed by atoms with Gasteiger partial charge >= 0.3 is 0 Å². The zero-order valence-corrected chi connectivity index (χ0v) is 13.0. The summed E-state index contributed by atoms with van der Waals surface area (Å²) in [6.07, 6.45) is 0.218. The van der Waals surface area contributed by atoms with E-state index in [9.17, 15) is 4.79 Å². The quantitative estimate of drug-likeness (QED) is 0.800. The molecule has 0 saturated carbocycles. The highest BCUT2D eigenvalue weighted by atomic mass is 16.5. The molecule has 116 valence electrons. The van der Waals surface area contributed by atoms with Gasteiger partial charge in [0.25, 0.3) is 0 Å². The van der Waals surface area contributed by atoms with Gasteiger partial charge in [0, 0.05) is 0 Å². The minimum atomic E-state index is -0.351. The minimum Gasteiger partial charge on any atom is -0.490 e. The van der Waals surface area contributed by atoms with Crippen molar-refractivity contribution in [3.63, 3.8) is 0 Å². The Kier molecular flexibility index (Phi) is 5.42. The zero-order chi connectivity index (χ0) is 15.9. The molecule has 4 nitrogen and oxygen atoms in total. The Bertz CT molecular complexity index is 653. The molecule has 0 spiro atoms. The Balaban J connectivity index is 1.83. The maximum atomic E-state index is 10.9. The molecule has 2 aromatic rings. The van der Waals surface area contributed by atoms with Crippen molar-refractivity contribution in [3.05, 3.63) is 59.2 Å². The first-order chi connectivity index (χ1) is 10.5. The number of hydrogen-bond donors (Lipinski definition) is 1. The predicted molar refractivity (Wildman–Crippen MR) is 86.2 cm³/mol. The van der Waals surface area contributed by atoms with Gasteiger partial charge in [-0.2, -0.15) is 0 Å². The van der Waals surface area contributed by atoms with Gasteiger partial charge in [0.15, 0.2) is 0 Å². The van der Waals surface area contributed by atoms with E-state index in [0.29, 0.717) is 19.0 Å². The SMILES string of the molecule is Cc1ccc(C)c(OCCOc2cccc(CC(N)=O)c2)c1. The van der Waals surface area contributed by atoms with Gasteiger partial charge in [-0.1, -0.05) is 24.3 Å². The number of hydrogen-bond acceptors (Lipinski definition) is 3. The summed E-state index contributed by atoms with van der Waals surface area (Å²) in [5.41, 5.74) is 8.31. The largest absolute Gasteiger partial charge is 0.490 e. The average molecular weight is 299 g/mol. The molecule has 0 aliphatic rings.